The van der Waals surface area contributed by atoms with Gasteiger partial charge in [-0.25, -0.2) is 9.78 Å². The standard InChI is InChI=1S/C11H17N3O3/c1-7(15)3-4-14(2)10-9(11(16)17)5-8(12)6-13-10/h5-7,15H,3-4,12H2,1-2H3,(H,16,17). The second kappa shape index (κ2) is 5.49. The number of pyridine rings is 1. The van der Waals surface area contributed by atoms with Crippen LogP contribution in [-0.2, 0) is 0 Å². The molecule has 0 aromatic carbocycles. The van der Waals surface area contributed by atoms with Crippen molar-refractivity contribution < 1.29 is 15.0 Å². The fourth-order valence-electron chi connectivity index (χ4n) is 1.42. The molecule has 6 nitrogen and oxygen atoms in total. The van der Waals surface area contributed by atoms with Crippen LogP contribution in [-0.4, -0.2) is 40.9 Å². The van der Waals surface area contributed by atoms with E-state index in [2.05, 4.69) is 4.98 Å². The minimum Gasteiger partial charge on any atom is -0.478 e. The van der Waals surface area contributed by atoms with Crippen LogP contribution in [0.1, 0.15) is 23.7 Å². The van der Waals surface area contributed by atoms with Gasteiger partial charge in [0.2, 0.25) is 0 Å². The van der Waals surface area contributed by atoms with Crippen LogP contribution in [0.15, 0.2) is 12.3 Å². The highest BCUT2D eigenvalue weighted by molar-refractivity contribution is 5.94. The molecule has 1 heterocycles. The number of carboxylic acids is 1. The van der Waals surface area contributed by atoms with Crippen LogP contribution < -0.4 is 10.6 Å². The maximum Gasteiger partial charge on any atom is 0.339 e. The molecule has 1 aromatic heterocycles. The number of hydrogen-bond acceptors (Lipinski definition) is 5. The molecule has 0 bridgehead atoms. The van der Waals surface area contributed by atoms with E-state index in [1.165, 1.54) is 12.3 Å². The van der Waals surface area contributed by atoms with Gasteiger partial charge in [0.25, 0.3) is 0 Å². The summed E-state index contributed by atoms with van der Waals surface area (Å²) in [7, 11) is 1.73. The van der Waals surface area contributed by atoms with Crippen molar-refractivity contribution in [2.75, 3.05) is 24.2 Å². The fourth-order valence-corrected chi connectivity index (χ4v) is 1.42. The third-order valence-corrected chi connectivity index (χ3v) is 2.36. The second-order valence-electron chi connectivity index (χ2n) is 4.00. The van der Waals surface area contributed by atoms with Crippen molar-refractivity contribution in [2.45, 2.75) is 19.4 Å². The summed E-state index contributed by atoms with van der Waals surface area (Å²) in [5, 5.41) is 18.2. The number of carbonyl (C=O) groups is 1. The molecule has 0 aliphatic heterocycles. The van der Waals surface area contributed by atoms with E-state index in [-0.39, 0.29) is 5.56 Å². The number of nitrogens with zero attached hydrogens (tertiary/aromatic N) is 2. The summed E-state index contributed by atoms with van der Waals surface area (Å²) in [4.78, 5) is 16.8. The second-order valence-corrected chi connectivity index (χ2v) is 4.00. The minimum atomic E-state index is -1.07. The van der Waals surface area contributed by atoms with Gasteiger partial charge in [-0.05, 0) is 19.4 Å². The number of aromatic nitrogens is 1. The highest BCUT2D eigenvalue weighted by Gasteiger charge is 2.15. The Bertz CT molecular complexity index is 407. The Hall–Kier alpha value is -1.82. The molecule has 94 valence electrons. The molecular formula is C11H17N3O3. The smallest absolute Gasteiger partial charge is 0.339 e. The third kappa shape index (κ3) is 3.60. The first-order valence-electron chi connectivity index (χ1n) is 5.30. The maximum atomic E-state index is 11.0. The Labute approximate surface area is 99.7 Å². The van der Waals surface area contributed by atoms with Crippen molar-refractivity contribution in [3.05, 3.63) is 17.8 Å². The van der Waals surface area contributed by atoms with E-state index >= 15 is 0 Å². The number of aliphatic hydroxyl groups excluding tert-OH is 1. The van der Waals surface area contributed by atoms with Crippen LogP contribution in [0.5, 0.6) is 0 Å². The van der Waals surface area contributed by atoms with E-state index in [9.17, 15) is 9.90 Å². The fraction of sp³-hybridized carbons (Fsp3) is 0.455. The lowest BCUT2D eigenvalue weighted by atomic mass is 10.2. The Kier molecular flexibility index (Phi) is 4.28. The topological polar surface area (TPSA) is 99.7 Å². The lowest BCUT2D eigenvalue weighted by molar-refractivity contribution is 0.0697. The number of hydrogen-bond donors (Lipinski definition) is 3. The number of nitrogen functional groups attached to an aromatic ring is 1. The molecule has 6 heteroatoms. The molecule has 4 N–H and O–H groups in total. The molecule has 1 aromatic rings. The van der Waals surface area contributed by atoms with Gasteiger partial charge in [0, 0.05) is 13.6 Å². The van der Waals surface area contributed by atoms with E-state index in [0.29, 0.717) is 24.5 Å². The number of rotatable bonds is 5. The predicted octanol–water partition coefficient (Wildman–Crippen LogP) is 0.569. The molecule has 1 rings (SSSR count). The molecule has 0 saturated heterocycles. The zero-order valence-electron chi connectivity index (χ0n) is 9.92. The third-order valence-electron chi connectivity index (χ3n) is 2.36. The lowest BCUT2D eigenvalue weighted by Crippen LogP contribution is -2.25. The zero-order valence-corrected chi connectivity index (χ0v) is 9.92. The maximum absolute atomic E-state index is 11.0. The van der Waals surface area contributed by atoms with E-state index < -0.39 is 12.1 Å². The lowest BCUT2D eigenvalue weighted by Gasteiger charge is -2.20. The van der Waals surface area contributed by atoms with Gasteiger partial charge in [-0.1, -0.05) is 0 Å². The largest absolute Gasteiger partial charge is 0.478 e. The highest BCUT2D eigenvalue weighted by atomic mass is 16.4. The molecule has 0 amide bonds. The minimum absolute atomic E-state index is 0.0677. The summed E-state index contributed by atoms with van der Waals surface area (Å²) in [5.74, 6) is -0.712. The quantitative estimate of drug-likeness (QED) is 0.694. The van der Waals surface area contributed by atoms with Crippen molar-refractivity contribution in [1.82, 2.24) is 4.98 Å². The van der Waals surface area contributed by atoms with Crippen LogP contribution in [0.4, 0.5) is 11.5 Å². The first-order chi connectivity index (χ1) is 7.91. The van der Waals surface area contributed by atoms with Crippen LogP contribution in [0.3, 0.4) is 0 Å². The average molecular weight is 239 g/mol. The van der Waals surface area contributed by atoms with E-state index in [1.54, 1.807) is 18.9 Å². The summed E-state index contributed by atoms with van der Waals surface area (Å²) in [5.41, 5.74) is 5.89. The number of carboxylic acid groups (broad SMARTS) is 1. The molecule has 0 saturated carbocycles. The van der Waals surface area contributed by atoms with Crippen LogP contribution in [0.25, 0.3) is 0 Å². The van der Waals surface area contributed by atoms with Crippen molar-refractivity contribution in [3.63, 3.8) is 0 Å². The van der Waals surface area contributed by atoms with Gasteiger partial charge < -0.3 is 20.8 Å². The number of aliphatic hydroxyl groups is 1. The van der Waals surface area contributed by atoms with Crippen LogP contribution in [0, 0.1) is 0 Å². The molecule has 1 unspecified atom stereocenters. The first kappa shape index (κ1) is 13.2. The molecule has 0 radical (unpaired) electrons. The van der Waals surface area contributed by atoms with E-state index in [4.69, 9.17) is 10.8 Å². The number of anilines is 2. The van der Waals surface area contributed by atoms with Gasteiger partial charge in [-0.15, -0.1) is 0 Å². The Morgan fingerprint density at radius 3 is 2.82 bits per heavy atom. The molecule has 0 aliphatic carbocycles. The SMILES string of the molecule is CC(O)CCN(C)c1ncc(N)cc1C(=O)O. The van der Waals surface area contributed by atoms with Crippen molar-refractivity contribution >= 4 is 17.5 Å². The Morgan fingerprint density at radius 1 is 1.65 bits per heavy atom. The first-order valence-corrected chi connectivity index (χ1v) is 5.30. The summed E-state index contributed by atoms with van der Waals surface area (Å²) in [6, 6.07) is 1.38. The Balaban J connectivity index is 2.92. The van der Waals surface area contributed by atoms with Gasteiger partial charge in [0.1, 0.15) is 11.4 Å². The molecule has 17 heavy (non-hydrogen) atoms. The van der Waals surface area contributed by atoms with Gasteiger partial charge >= 0.3 is 5.97 Å². The Morgan fingerprint density at radius 2 is 2.29 bits per heavy atom. The van der Waals surface area contributed by atoms with E-state index in [1.807, 2.05) is 0 Å². The van der Waals surface area contributed by atoms with Gasteiger partial charge in [0.05, 0.1) is 18.0 Å². The van der Waals surface area contributed by atoms with Crippen molar-refractivity contribution in [3.8, 4) is 0 Å². The predicted molar refractivity (Wildman–Crippen MR) is 65.2 cm³/mol. The van der Waals surface area contributed by atoms with E-state index in [0.717, 1.165) is 0 Å². The molecule has 0 aliphatic rings. The molecular weight excluding hydrogens is 222 g/mol. The highest BCUT2D eigenvalue weighted by Crippen LogP contribution is 2.19. The number of aromatic carboxylic acids is 1. The van der Waals surface area contributed by atoms with Crippen LogP contribution >= 0.6 is 0 Å². The average Bonchev–Trinajstić information content (AvgIpc) is 2.25. The van der Waals surface area contributed by atoms with Gasteiger partial charge in [-0.2, -0.15) is 0 Å². The summed E-state index contributed by atoms with van der Waals surface area (Å²) in [6.45, 7) is 2.21. The number of nitrogens with two attached hydrogens (primary N) is 1. The summed E-state index contributed by atoms with van der Waals surface area (Å²) in [6.07, 6.45) is 1.53. The van der Waals surface area contributed by atoms with Gasteiger partial charge in [-0.3, -0.25) is 0 Å². The zero-order chi connectivity index (χ0) is 13.0. The monoisotopic (exact) mass is 239 g/mol. The van der Waals surface area contributed by atoms with Crippen molar-refractivity contribution in [2.24, 2.45) is 0 Å². The summed E-state index contributed by atoms with van der Waals surface area (Å²) >= 11 is 0. The van der Waals surface area contributed by atoms with Crippen LogP contribution in [0.2, 0.25) is 0 Å². The van der Waals surface area contributed by atoms with Gasteiger partial charge in [0.15, 0.2) is 0 Å². The molecule has 1 atom stereocenters. The summed E-state index contributed by atoms with van der Waals surface area (Å²) < 4.78 is 0. The normalized spacial score (nSPS) is 12.2. The van der Waals surface area contributed by atoms with Crippen molar-refractivity contribution in [1.29, 1.82) is 0 Å². The molecule has 0 spiro atoms. The molecule has 0 fully saturated rings.